The van der Waals surface area contributed by atoms with Gasteiger partial charge in [-0.2, -0.15) is 5.26 Å². The summed E-state index contributed by atoms with van der Waals surface area (Å²) in [4.78, 5) is 8.87. The quantitative estimate of drug-likeness (QED) is 0.821. The molecule has 18 heavy (non-hydrogen) atoms. The predicted molar refractivity (Wildman–Crippen MR) is 72.9 cm³/mol. The van der Waals surface area contributed by atoms with Crippen LogP contribution in [0.3, 0.4) is 0 Å². The van der Waals surface area contributed by atoms with Crippen molar-refractivity contribution in [1.82, 2.24) is 9.88 Å². The van der Waals surface area contributed by atoms with Crippen LogP contribution in [0.2, 0.25) is 5.02 Å². The SMILES string of the molecule is CCC1CN(c2nccc(C#N)c2Cl)CCN1C. The van der Waals surface area contributed by atoms with Gasteiger partial charge in [-0.3, -0.25) is 4.90 Å². The average molecular weight is 265 g/mol. The normalized spacial score (nSPS) is 20.8. The highest BCUT2D eigenvalue weighted by molar-refractivity contribution is 6.34. The molecular formula is C13H17ClN4. The van der Waals surface area contributed by atoms with Gasteiger partial charge in [0.2, 0.25) is 0 Å². The molecule has 2 heterocycles. The van der Waals surface area contributed by atoms with E-state index < -0.39 is 0 Å². The third-order valence-corrected chi connectivity index (χ3v) is 3.91. The van der Waals surface area contributed by atoms with Gasteiger partial charge in [0.1, 0.15) is 16.9 Å². The van der Waals surface area contributed by atoms with E-state index in [9.17, 15) is 0 Å². The van der Waals surface area contributed by atoms with Gasteiger partial charge in [0.05, 0.1) is 5.56 Å². The molecule has 4 nitrogen and oxygen atoms in total. The maximum absolute atomic E-state index is 8.99. The van der Waals surface area contributed by atoms with Crippen molar-refractivity contribution in [2.75, 3.05) is 31.6 Å². The molecule has 96 valence electrons. The third-order valence-electron chi connectivity index (χ3n) is 3.54. The van der Waals surface area contributed by atoms with Gasteiger partial charge < -0.3 is 4.90 Å². The van der Waals surface area contributed by atoms with Gasteiger partial charge >= 0.3 is 0 Å². The maximum Gasteiger partial charge on any atom is 0.148 e. The van der Waals surface area contributed by atoms with Crippen LogP contribution in [0.15, 0.2) is 12.3 Å². The van der Waals surface area contributed by atoms with Crippen molar-refractivity contribution in [3.63, 3.8) is 0 Å². The van der Waals surface area contributed by atoms with E-state index in [4.69, 9.17) is 16.9 Å². The summed E-state index contributed by atoms with van der Waals surface area (Å²) < 4.78 is 0. The Hall–Kier alpha value is -1.31. The van der Waals surface area contributed by atoms with Crippen molar-refractivity contribution in [2.45, 2.75) is 19.4 Å². The molecule has 0 saturated carbocycles. The first kappa shape index (κ1) is 13.1. The number of hydrogen-bond acceptors (Lipinski definition) is 4. The van der Waals surface area contributed by atoms with Crippen LogP contribution in [-0.4, -0.2) is 42.6 Å². The monoisotopic (exact) mass is 264 g/mol. The number of pyridine rings is 1. The zero-order valence-electron chi connectivity index (χ0n) is 10.7. The molecule has 1 unspecified atom stereocenters. The summed E-state index contributed by atoms with van der Waals surface area (Å²) in [5, 5.41) is 9.46. The van der Waals surface area contributed by atoms with Gasteiger partial charge in [0.25, 0.3) is 0 Å². The smallest absolute Gasteiger partial charge is 0.148 e. The number of hydrogen-bond donors (Lipinski definition) is 0. The molecule has 1 aromatic rings. The summed E-state index contributed by atoms with van der Waals surface area (Å²) >= 11 is 6.23. The second-order valence-corrected chi connectivity index (χ2v) is 4.97. The zero-order valence-corrected chi connectivity index (χ0v) is 11.5. The number of piperazine rings is 1. The summed E-state index contributed by atoms with van der Waals surface area (Å²) in [5.74, 6) is 0.738. The van der Waals surface area contributed by atoms with Crippen LogP contribution >= 0.6 is 11.6 Å². The zero-order chi connectivity index (χ0) is 13.1. The molecule has 2 rings (SSSR count). The summed E-state index contributed by atoms with van der Waals surface area (Å²) in [7, 11) is 2.15. The summed E-state index contributed by atoms with van der Waals surface area (Å²) in [6.07, 6.45) is 2.75. The fraction of sp³-hybridized carbons (Fsp3) is 0.538. The van der Waals surface area contributed by atoms with Crippen molar-refractivity contribution in [2.24, 2.45) is 0 Å². The van der Waals surface area contributed by atoms with Crippen LogP contribution in [0.1, 0.15) is 18.9 Å². The Morgan fingerprint density at radius 3 is 3.00 bits per heavy atom. The molecule has 0 aromatic carbocycles. The molecule has 1 aliphatic heterocycles. The Morgan fingerprint density at radius 1 is 1.56 bits per heavy atom. The first-order valence-corrected chi connectivity index (χ1v) is 6.55. The standard InChI is InChI=1S/C13H17ClN4/c1-3-11-9-18(7-6-17(11)2)13-12(14)10(8-15)4-5-16-13/h4-5,11H,3,6-7,9H2,1-2H3. The molecule has 0 amide bonds. The highest BCUT2D eigenvalue weighted by atomic mass is 35.5. The molecular weight excluding hydrogens is 248 g/mol. The van der Waals surface area contributed by atoms with E-state index in [0.29, 0.717) is 16.6 Å². The van der Waals surface area contributed by atoms with Crippen LogP contribution in [0.5, 0.6) is 0 Å². The van der Waals surface area contributed by atoms with E-state index in [-0.39, 0.29) is 0 Å². The second-order valence-electron chi connectivity index (χ2n) is 4.60. The van der Waals surface area contributed by atoms with Crippen LogP contribution in [-0.2, 0) is 0 Å². The topological polar surface area (TPSA) is 43.2 Å². The lowest BCUT2D eigenvalue weighted by Gasteiger charge is -2.40. The van der Waals surface area contributed by atoms with Gasteiger partial charge in [0, 0.05) is 31.9 Å². The molecule has 1 aliphatic rings. The lowest BCUT2D eigenvalue weighted by atomic mass is 10.1. The van der Waals surface area contributed by atoms with Gasteiger partial charge in [-0.25, -0.2) is 4.98 Å². The van der Waals surface area contributed by atoms with Crippen molar-refractivity contribution in [3.8, 4) is 6.07 Å². The van der Waals surface area contributed by atoms with E-state index in [1.54, 1.807) is 12.3 Å². The number of anilines is 1. The first-order valence-electron chi connectivity index (χ1n) is 6.17. The largest absolute Gasteiger partial charge is 0.352 e. The molecule has 1 atom stereocenters. The van der Waals surface area contributed by atoms with Gasteiger partial charge in [-0.15, -0.1) is 0 Å². The number of halogens is 1. The van der Waals surface area contributed by atoms with E-state index in [0.717, 1.165) is 31.9 Å². The number of rotatable bonds is 2. The molecule has 0 bridgehead atoms. The number of nitriles is 1. The molecule has 1 saturated heterocycles. The molecule has 0 N–H and O–H groups in total. The van der Waals surface area contributed by atoms with Crippen molar-refractivity contribution >= 4 is 17.4 Å². The third kappa shape index (κ3) is 2.43. The molecule has 1 aromatic heterocycles. The molecule has 0 spiro atoms. The minimum atomic E-state index is 0.472. The predicted octanol–water partition coefficient (Wildman–Crippen LogP) is 2.14. The minimum absolute atomic E-state index is 0.472. The Bertz CT molecular complexity index is 469. The van der Waals surface area contributed by atoms with E-state index >= 15 is 0 Å². The van der Waals surface area contributed by atoms with Crippen LogP contribution in [0.4, 0.5) is 5.82 Å². The molecule has 1 fully saturated rings. The van der Waals surface area contributed by atoms with Crippen molar-refractivity contribution < 1.29 is 0 Å². The maximum atomic E-state index is 8.99. The van der Waals surface area contributed by atoms with Gasteiger partial charge in [-0.05, 0) is 19.5 Å². The fourth-order valence-electron chi connectivity index (χ4n) is 2.32. The van der Waals surface area contributed by atoms with Crippen LogP contribution in [0.25, 0.3) is 0 Å². The Balaban J connectivity index is 2.25. The van der Waals surface area contributed by atoms with Crippen molar-refractivity contribution in [3.05, 3.63) is 22.8 Å². The Morgan fingerprint density at radius 2 is 2.33 bits per heavy atom. The molecule has 0 aliphatic carbocycles. The van der Waals surface area contributed by atoms with Crippen LogP contribution in [0, 0.1) is 11.3 Å². The lowest BCUT2D eigenvalue weighted by molar-refractivity contribution is 0.213. The molecule has 0 radical (unpaired) electrons. The highest BCUT2D eigenvalue weighted by Crippen LogP contribution is 2.28. The summed E-state index contributed by atoms with van der Waals surface area (Å²) in [6.45, 7) is 4.99. The number of likely N-dealkylation sites (N-methyl/N-ethyl adjacent to an activating group) is 1. The van der Waals surface area contributed by atoms with E-state index in [1.807, 2.05) is 0 Å². The first-order chi connectivity index (χ1) is 8.67. The Kier molecular flexibility index (Phi) is 4.05. The Labute approximate surface area is 113 Å². The summed E-state index contributed by atoms with van der Waals surface area (Å²) in [6, 6.07) is 4.27. The highest BCUT2D eigenvalue weighted by Gasteiger charge is 2.25. The summed E-state index contributed by atoms with van der Waals surface area (Å²) in [5.41, 5.74) is 0.494. The van der Waals surface area contributed by atoms with Crippen LogP contribution < -0.4 is 4.90 Å². The second kappa shape index (κ2) is 5.55. The van der Waals surface area contributed by atoms with E-state index in [1.165, 1.54) is 0 Å². The minimum Gasteiger partial charge on any atom is -0.352 e. The van der Waals surface area contributed by atoms with Gasteiger partial charge in [-0.1, -0.05) is 18.5 Å². The van der Waals surface area contributed by atoms with Gasteiger partial charge in [0.15, 0.2) is 0 Å². The number of aromatic nitrogens is 1. The average Bonchev–Trinajstić information content (AvgIpc) is 2.40. The fourth-order valence-corrected chi connectivity index (χ4v) is 2.59. The lowest BCUT2D eigenvalue weighted by Crippen LogP contribution is -2.51. The van der Waals surface area contributed by atoms with Crippen molar-refractivity contribution in [1.29, 1.82) is 5.26 Å². The molecule has 5 heteroatoms. The number of nitrogens with zero attached hydrogens (tertiary/aromatic N) is 4. The van der Waals surface area contributed by atoms with E-state index in [2.05, 4.69) is 34.8 Å².